The molecule has 12 rings (SSSR count). The number of fused-ring (bicyclic) bond motifs is 10. The molecule has 10 aromatic carbocycles. The van der Waals surface area contributed by atoms with Crippen molar-refractivity contribution in [2.24, 2.45) is 0 Å². The first-order valence-corrected chi connectivity index (χ1v) is 18.8. The molecule has 0 aliphatic rings. The summed E-state index contributed by atoms with van der Waals surface area (Å²) in [6, 6.07) is 59.5. The molecule has 0 radical (unpaired) electrons. The molecule has 50 heavy (non-hydrogen) atoms. The third-order valence-corrected chi connectivity index (χ3v) is 13.2. The molecule has 0 unspecified atom stereocenters. The summed E-state index contributed by atoms with van der Waals surface area (Å²) in [6.07, 6.45) is 0. The maximum Gasteiger partial charge on any atom is 0.0361 e. The fraction of sp³-hybridized carbons (Fsp3) is 0. The van der Waals surface area contributed by atoms with Crippen molar-refractivity contribution in [1.29, 1.82) is 0 Å². The zero-order valence-electron chi connectivity index (χ0n) is 26.8. The molecule has 2 heteroatoms. The van der Waals surface area contributed by atoms with Gasteiger partial charge in [0.1, 0.15) is 0 Å². The van der Waals surface area contributed by atoms with Crippen LogP contribution in [-0.2, 0) is 0 Å². The van der Waals surface area contributed by atoms with E-state index in [1.165, 1.54) is 116 Å². The fourth-order valence-corrected chi connectivity index (χ4v) is 10.9. The van der Waals surface area contributed by atoms with E-state index in [9.17, 15) is 0 Å². The number of hydrogen-bond acceptors (Lipinski definition) is 2. The third-order valence-electron chi connectivity index (χ3n) is 10.9. The number of hydrogen-bond donors (Lipinski definition) is 0. The quantitative estimate of drug-likeness (QED) is 0.161. The Balaban J connectivity index is 0.982. The van der Waals surface area contributed by atoms with Crippen LogP contribution in [0.1, 0.15) is 0 Å². The van der Waals surface area contributed by atoms with Crippen LogP contribution in [0.2, 0.25) is 0 Å². The van der Waals surface area contributed by atoms with Crippen molar-refractivity contribution in [1.82, 2.24) is 0 Å². The Morgan fingerprint density at radius 1 is 0.240 bits per heavy atom. The molecule has 0 atom stereocenters. The summed E-state index contributed by atoms with van der Waals surface area (Å²) in [6.45, 7) is 0. The van der Waals surface area contributed by atoms with Crippen LogP contribution in [0.5, 0.6) is 0 Å². The van der Waals surface area contributed by atoms with Gasteiger partial charge in [-0.15, -0.1) is 22.7 Å². The summed E-state index contributed by atoms with van der Waals surface area (Å²) in [5, 5.41) is 18.6. The zero-order valence-corrected chi connectivity index (χ0v) is 28.5. The van der Waals surface area contributed by atoms with Gasteiger partial charge in [0, 0.05) is 40.3 Å². The van der Waals surface area contributed by atoms with Crippen LogP contribution in [0.3, 0.4) is 0 Å². The van der Waals surface area contributed by atoms with Gasteiger partial charge < -0.3 is 0 Å². The van der Waals surface area contributed by atoms with Gasteiger partial charge in [-0.3, -0.25) is 0 Å². The lowest BCUT2D eigenvalue weighted by atomic mass is 9.89. The van der Waals surface area contributed by atoms with Gasteiger partial charge in [0.25, 0.3) is 0 Å². The van der Waals surface area contributed by atoms with Crippen molar-refractivity contribution in [2.45, 2.75) is 0 Å². The Morgan fingerprint density at radius 3 is 1.08 bits per heavy atom. The van der Waals surface area contributed by atoms with Crippen molar-refractivity contribution in [2.75, 3.05) is 0 Å². The summed E-state index contributed by atoms with van der Waals surface area (Å²) in [5.41, 5.74) is 5.08. The molecule has 2 heterocycles. The van der Waals surface area contributed by atoms with E-state index < -0.39 is 0 Å². The molecule has 0 amide bonds. The molecular weight excluding hydrogens is 641 g/mol. The highest BCUT2D eigenvalue weighted by Gasteiger charge is 2.15. The van der Waals surface area contributed by atoms with E-state index in [1.807, 2.05) is 22.7 Å². The van der Waals surface area contributed by atoms with E-state index >= 15 is 0 Å². The average Bonchev–Trinajstić information content (AvgIpc) is 3.74. The summed E-state index contributed by atoms with van der Waals surface area (Å²) in [4.78, 5) is 0. The Morgan fingerprint density at radius 2 is 0.640 bits per heavy atom. The van der Waals surface area contributed by atoms with Gasteiger partial charge in [-0.2, -0.15) is 0 Å². The normalized spacial score (nSPS) is 12.4. The summed E-state index contributed by atoms with van der Waals surface area (Å²) < 4.78 is 5.38. The SMILES string of the molecule is c1ccc2c(c1)ccc1sc3cc(-c4cc5ccc6cc(-c7ccc8c(c7)sc7ccc9ccccc9c78)cc7ccc(c4)c5c67)ccc3c12. The molecule has 0 fully saturated rings. The zero-order chi connectivity index (χ0) is 32.5. The van der Waals surface area contributed by atoms with Gasteiger partial charge in [0.05, 0.1) is 0 Å². The molecule has 0 bridgehead atoms. The van der Waals surface area contributed by atoms with Crippen molar-refractivity contribution in [3.05, 3.63) is 158 Å². The minimum Gasteiger partial charge on any atom is -0.135 e. The number of benzene rings is 10. The first kappa shape index (κ1) is 27.1. The van der Waals surface area contributed by atoms with Gasteiger partial charge in [-0.25, -0.2) is 0 Å². The largest absolute Gasteiger partial charge is 0.135 e. The average molecular weight is 667 g/mol. The molecule has 0 aliphatic heterocycles. The summed E-state index contributed by atoms with van der Waals surface area (Å²) >= 11 is 3.80. The van der Waals surface area contributed by atoms with Crippen LogP contribution in [-0.4, -0.2) is 0 Å². The van der Waals surface area contributed by atoms with Gasteiger partial charge in [0.15, 0.2) is 0 Å². The van der Waals surface area contributed by atoms with Crippen LogP contribution in [0.15, 0.2) is 158 Å². The smallest absolute Gasteiger partial charge is 0.0361 e. The topological polar surface area (TPSA) is 0 Å². The van der Waals surface area contributed by atoms with Crippen molar-refractivity contribution >= 4 is 117 Å². The molecular formula is C48H26S2. The Bertz CT molecular complexity index is 3080. The van der Waals surface area contributed by atoms with Crippen LogP contribution < -0.4 is 0 Å². The summed E-state index contributed by atoms with van der Waals surface area (Å²) in [5.74, 6) is 0. The lowest BCUT2D eigenvalue weighted by molar-refractivity contribution is 1.70. The van der Waals surface area contributed by atoms with Gasteiger partial charge in [-0.05, 0) is 125 Å². The molecule has 0 nitrogen and oxygen atoms in total. The van der Waals surface area contributed by atoms with Gasteiger partial charge in [0.2, 0.25) is 0 Å². The maximum absolute atomic E-state index is 2.39. The lowest BCUT2D eigenvalue weighted by Gasteiger charge is -2.15. The highest BCUT2D eigenvalue weighted by Crippen LogP contribution is 2.44. The van der Waals surface area contributed by atoms with Crippen molar-refractivity contribution < 1.29 is 0 Å². The van der Waals surface area contributed by atoms with Crippen LogP contribution in [0, 0.1) is 0 Å². The van der Waals surface area contributed by atoms with Crippen LogP contribution in [0.4, 0.5) is 0 Å². The van der Waals surface area contributed by atoms with E-state index in [2.05, 4.69) is 158 Å². The first-order valence-electron chi connectivity index (χ1n) is 17.1. The third kappa shape index (κ3) is 3.75. The van der Waals surface area contributed by atoms with E-state index in [-0.39, 0.29) is 0 Å². The second kappa shape index (κ2) is 9.89. The number of rotatable bonds is 2. The Labute approximate surface area is 295 Å². The predicted octanol–water partition coefficient (Wildman–Crippen LogP) is 15.0. The van der Waals surface area contributed by atoms with Crippen molar-refractivity contribution in [3.63, 3.8) is 0 Å². The lowest BCUT2D eigenvalue weighted by Crippen LogP contribution is -1.87. The molecule has 0 spiro atoms. The molecule has 0 saturated carbocycles. The fourth-order valence-electron chi connectivity index (χ4n) is 8.62. The first-order chi connectivity index (χ1) is 24.7. The second-order valence-corrected chi connectivity index (χ2v) is 15.8. The van der Waals surface area contributed by atoms with E-state index in [0.717, 1.165) is 0 Å². The van der Waals surface area contributed by atoms with Gasteiger partial charge >= 0.3 is 0 Å². The highest BCUT2D eigenvalue weighted by molar-refractivity contribution is 7.26. The summed E-state index contributed by atoms with van der Waals surface area (Å²) in [7, 11) is 0. The van der Waals surface area contributed by atoms with Gasteiger partial charge in [-0.1, -0.05) is 109 Å². The maximum atomic E-state index is 2.39. The number of thiophene rings is 2. The highest BCUT2D eigenvalue weighted by atomic mass is 32.1. The molecule has 0 saturated heterocycles. The monoisotopic (exact) mass is 666 g/mol. The van der Waals surface area contributed by atoms with E-state index in [1.54, 1.807) is 0 Å². The van der Waals surface area contributed by atoms with Crippen LogP contribution in [0.25, 0.3) is 116 Å². The molecule has 2 aromatic heterocycles. The van der Waals surface area contributed by atoms with E-state index in [0.29, 0.717) is 0 Å². The predicted molar refractivity (Wildman–Crippen MR) is 222 cm³/mol. The van der Waals surface area contributed by atoms with Crippen molar-refractivity contribution in [3.8, 4) is 22.3 Å². The second-order valence-electron chi connectivity index (χ2n) is 13.7. The molecule has 0 N–H and O–H groups in total. The molecule has 0 aliphatic carbocycles. The van der Waals surface area contributed by atoms with Crippen LogP contribution >= 0.6 is 22.7 Å². The molecule has 230 valence electrons. The standard InChI is InChI=1S/C48H26S2/c1-3-7-37-27(5-1)15-19-41-47(37)39-17-13-29(25-43(39)49-41)35-21-31-9-11-33-23-36(24-34-12-10-32(22-35)45(31)46(33)34)30-14-18-40-44(26-30)50-42-20-16-28-6-2-4-8-38(28)48(40)42/h1-26H. The minimum atomic E-state index is 1.27. The Kier molecular flexibility index (Phi) is 5.35. The Hall–Kier alpha value is -5.80. The minimum absolute atomic E-state index is 1.27. The van der Waals surface area contributed by atoms with E-state index in [4.69, 9.17) is 0 Å². The molecule has 12 aromatic rings.